The van der Waals surface area contributed by atoms with Gasteiger partial charge in [-0.05, 0) is 25.1 Å². The number of nitrogens with zero attached hydrogens (tertiary/aromatic N) is 2. The molecule has 5 heteroatoms. The molecular weight excluding hydrogens is 200 g/mol. The number of amidine groups is 1. The van der Waals surface area contributed by atoms with Crippen LogP contribution < -0.4 is 5.32 Å². The predicted octanol–water partition coefficient (Wildman–Crippen LogP) is 1.95. The molecule has 0 aliphatic rings. The van der Waals surface area contributed by atoms with Crippen LogP contribution in [-0.2, 0) is 6.54 Å². The molecule has 0 fully saturated rings. The fourth-order valence-electron chi connectivity index (χ4n) is 0.989. The van der Waals surface area contributed by atoms with Crippen LogP contribution in [0.2, 0.25) is 0 Å². The second-order valence-electron chi connectivity index (χ2n) is 2.87. The maximum atomic E-state index is 13.1. The Morgan fingerprint density at radius 1 is 1.53 bits per heavy atom. The summed E-state index contributed by atoms with van der Waals surface area (Å²) in [6.07, 6.45) is 1.68. The summed E-state index contributed by atoms with van der Waals surface area (Å²) in [5.74, 6) is -0.654. The van der Waals surface area contributed by atoms with Gasteiger partial charge in [0.15, 0.2) is 6.19 Å². The van der Waals surface area contributed by atoms with Crippen LogP contribution in [0.3, 0.4) is 0 Å². The highest BCUT2D eigenvalue weighted by Crippen LogP contribution is 2.10. The van der Waals surface area contributed by atoms with E-state index in [-0.39, 0.29) is 12.1 Å². The molecule has 0 unspecified atom stereocenters. The van der Waals surface area contributed by atoms with Crippen molar-refractivity contribution < 1.29 is 8.78 Å². The molecule has 0 saturated heterocycles. The average molecular weight is 209 g/mol. The lowest BCUT2D eigenvalue weighted by Crippen LogP contribution is -2.13. The summed E-state index contributed by atoms with van der Waals surface area (Å²) in [5, 5.41) is 10.5. The topological polar surface area (TPSA) is 48.2 Å². The van der Waals surface area contributed by atoms with Crippen LogP contribution in [0, 0.1) is 23.1 Å². The van der Waals surface area contributed by atoms with Crippen LogP contribution in [-0.4, -0.2) is 5.84 Å². The lowest BCUT2D eigenvalue weighted by atomic mass is 10.2. The molecule has 0 heterocycles. The summed E-state index contributed by atoms with van der Waals surface area (Å²) in [5.41, 5.74) is 0.161. The summed E-state index contributed by atoms with van der Waals surface area (Å²) < 4.78 is 25.8. The van der Waals surface area contributed by atoms with Crippen LogP contribution in [0.5, 0.6) is 0 Å². The number of aliphatic imine (C=N–C) groups is 1. The molecule has 0 aliphatic heterocycles. The first-order valence-corrected chi connectivity index (χ1v) is 4.23. The van der Waals surface area contributed by atoms with Gasteiger partial charge in [-0.15, -0.1) is 0 Å². The fourth-order valence-corrected chi connectivity index (χ4v) is 0.989. The van der Waals surface area contributed by atoms with Gasteiger partial charge in [0.2, 0.25) is 0 Å². The van der Waals surface area contributed by atoms with E-state index in [1.165, 1.54) is 0 Å². The number of benzene rings is 1. The van der Waals surface area contributed by atoms with E-state index in [0.29, 0.717) is 5.84 Å². The van der Waals surface area contributed by atoms with E-state index in [9.17, 15) is 8.78 Å². The van der Waals surface area contributed by atoms with Crippen molar-refractivity contribution in [2.75, 3.05) is 0 Å². The Balaban J connectivity index is 2.77. The highest BCUT2D eigenvalue weighted by atomic mass is 19.1. The predicted molar refractivity (Wildman–Crippen MR) is 51.9 cm³/mol. The maximum Gasteiger partial charge on any atom is 0.182 e. The number of hydrogen-bond donors (Lipinski definition) is 1. The van der Waals surface area contributed by atoms with Crippen LogP contribution in [0.15, 0.2) is 23.2 Å². The van der Waals surface area contributed by atoms with E-state index in [1.54, 1.807) is 13.1 Å². The standard InChI is InChI=1S/C10H9F2N3/c1-7(15-6-13)14-5-8-4-9(11)2-3-10(8)12/h2-4H,5H2,1H3,(H,14,15). The normalized spacial score (nSPS) is 10.9. The Morgan fingerprint density at radius 3 is 2.93 bits per heavy atom. The lowest BCUT2D eigenvalue weighted by molar-refractivity contribution is 0.586. The molecule has 78 valence electrons. The third-order valence-corrected chi connectivity index (χ3v) is 1.73. The number of hydrogen-bond acceptors (Lipinski definition) is 2. The van der Waals surface area contributed by atoms with Crippen LogP contribution in [0.1, 0.15) is 12.5 Å². The first-order chi connectivity index (χ1) is 7.13. The van der Waals surface area contributed by atoms with Gasteiger partial charge in [-0.3, -0.25) is 10.3 Å². The number of nitrogens with one attached hydrogen (secondary N) is 1. The van der Waals surface area contributed by atoms with Crippen molar-refractivity contribution in [3.05, 3.63) is 35.4 Å². The van der Waals surface area contributed by atoms with Crippen molar-refractivity contribution in [2.24, 2.45) is 4.99 Å². The largest absolute Gasteiger partial charge is 0.281 e. The van der Waals surface area contributed by atoms with Gasteiger partial charge in [-0.1, -0.05) is 0 Å². The third kappa shape index (κ3) is 3.35. The molecular formula is C10H9F2N3. The molecule has 1 aromatic rings. The van der Waals surface area contributed by atoms with Gasteiger partial charge in [0, 0.05) is 5.56 Å². The van der Waals surface area contributed by atoms with E-state index in [4.69, 9.17) is 5.26 Å². The minimum absolute atomic E-state index is 0.00407. The Hall–Kier alpha value is -1.96. The van der Waals surface area contributed by atoms with Gasteiger partial charge >= 0.3 is 0 Å². The summed E-state index contributed by atoms with van der Waals surface area (Å²) in [7, 11) is 0. The minimum atomic E-state index is -0.509. The number of halogens is 2. The van der Waals surface area contributed by atoms with E-state index in [1.807, 2.05) is 0 Å². The molecule has 1 rings (SSSR count). The number of nitriles is 1. The summed E-state index contributed by atoms with van der Waals surface area (Å²) in [4.78, 5) is 3.86. The van der Waals surface area contributed by atoms with Crippen LogP contribution in [0.4, 0.5) is 8.78 Å². The third-order valence-electron chi connectivity index (χ3n) is 1.73. The van der Waals surface area contributed by atoms with Gasteiger partial charge in [0.1, 0.15) is 17.5 Å². The smallest absolute Gasteiger partial charge is 0.182 e. The second-order valence-corrected chi connectivity index (χ2v) is 2.87. The van der Waals surface area contributed by atoms with Crippen molar-refractivity contribution in [1.82, 2.24) is 5.32 Å². The van der Waals surface area contributed by atoms with Gasteiger partial charge in [-0.25, -0.2) is 8.78 Å². The van der Waals surface area contributed by atoms with Crippen molar-refractivity contribution in [3.63, 3.8) is 0 Å². The molecule has 0 aliphatic carbocycles. The zero-order valence-electron chi connectivity index (χ0n) is 8.09. The van der Waals surface area contributed by atoms with Gasteiger partial charge in [0.05, 0.1) is 6.54 Å². The highest BCUT2D eigenvalue weighted by molar-refractivity contribution is 5.80. The maximum absolute atomic E-state index is 13.1. The molecule has 0 atom stereocenters. The number of rotatable bonds is 2. The van der Waals surface area contributed by atoms with Crippen molar-refractivity contribution in [3.8, 4) is 6.19 Å². The Morgan fingerprint density at radius 2 is 2.27 bits per heavy atom. The fraction of sp³-hybridized carbons (Fsp3) is 0.200. The van der Waals surface area contributed by atoms with E-state index < -0.39 is 11.6 Å². The molecule has 1 N–H and O–H groups in total. The van der Waals surface area contributed by atoms with Crippen LogP contribution in [0.25, 0.3) is 0 Å². The van der Waals surface area contributed by atoms with E-state index in [2.05, 4.69) is 10.3 Å². The summed E-state index contributed by atoms with van der Waals surface area (Å²) in [6, 6.07) is 3.18. The Kier molecular flexibility index (Phi) is 3.75. The average Bonchev–Trinajstić information content (AvgIpc) is 2.20. The van der Waals surface area contributed by atoms with Crippen molar-refractivity contribution >= 4 is 5.84 Å². The molecule has 0 spiro atoms. The molecule has 0 bridgehead atoms. The molecule has 15 heavy (non-hydrogen) atoms. The zero-order chi connectivity index (χ0) is 11.3. The highest BCUT2D eigenvalue weighted by Gasteiger charge is 2.02. The van der Waals surface area contributed by atoms with Crippen molar-refractivity contribution in [1.29, 1.82) is 5.26 Å². The van der Waals surface area contributed by atoms with Gasteiger partial charge < -0.3 is 0 Å². The molecule has 3 nitrogen and oxygen atoms in total. The first-order valence-electron chi connectivity index (χ1n) is 4.23. The SMILES string of the molecule is CC(=NCc1cc(F)ccc1F)NC#N. The molecule has 0 amide bonds. The second kappa shape index (κ2) is 5.05. The van der Waals surface area contributed by atoms with Crippen LogP contribution >= 0.6 is 0 Å². The van der Waals surface area contributed by atoms with E-state index in [0.717, 1.165) is 18.2 Å². The lowest BCUT2D eigenvalue weighted by Gasteiger charge is -2.00. The molecule has 0 saturated carbocycles. The van der Waals surface area contributed by atoms with E-state index >= 15 is 0 Å². The molecule has 0 radical (unpaired) electrons. The van der Waals surface area contributed by atoms with Gasteiger partial charge in [-0.2, -0.15) is 5.26 Å². The molecule has 1 aromatic carbocycles. The Bertz CT molecular complexity index is 421. The van der Waals surface area contributed by atoms with Gasteiger partial charge in [0.25, 0.3) is 0 Å². The Labute approximate surface area is 86.1 Å². The quantitative estimate of drug-likeness (QED) is 0.350. The summed E-state index contributed by atoms with van der Waals surface area (Å²) >= 11 is 0. The molecule has 0 aromatic heterocycles. The first kappa shape index (κ1) is 11.1. The van der Waals surface area contributed by atoms with Crippen molar-refractivity contribution in [2.45, 2.75) is 13.5 Å². The summed E-state index contributed by atoms with van der Waals surface area (Å²) in [6.45, 7) is 1.57. The zero-order valence-corrected chi connectivity index (χ0v) is 8.09. The minimum Gasteiger partial charge on any atom is -0.281 e. The monoisotopic (exact) mass is 209 g/mol.